The van der Waals surface area contributed by atoms with Crippen LogP contribution in [0.2, 0.25) is 0 Å². The molecule has 0 saturated heterocycles. The Morgan fingerprint density at radius 2 is 2.21 bits per heavy atom. The van der Waals surface area contributed by atoms with Gasteiger partial charge in [0.2, 0.25) is 0 Å². The molecule has 4 aromatic rings. The van der Waals surface area contributed by atoms with Crippen molar-refractivity contribution in [1.82, 2.24) is 29.4 Å². The summed E-state index contributed by atoms with van der Waals surface area (Å²) in [4.78, 5) is 19.5. The lowest BCUT2D eigenvalue weighted by Crippen LogP contribution is -2.17. The summed E-state index contributed by atoms with van der Waals surface area (Å²) in [5.41, 5.74) is 1.66. The van der Waals surface area contributed by atoms with Crippen LogP contribution in [0.5, 0.6) is 0 Å². The molecule has 0 spiro atoms. The van der Waals surface area contributed by atoms with Crippen LogP contribution in [0.15, 0.2) is 35.4 Å². The van der Waals surface area contributed by atoms with Crippen molar-refractivity contribution >= 4 is 16.6 Å². The molecule has 0 radical (unpaired) electrons. The van der Waals surface area contributed by atoms with Gasteiger partial charge in [-0.1, -0.05) is 6.07 Å². The van der Waals surface area contributed by atoms with Crippen molar-refractivity contribution in [2.75, 3.05) is 0 Å². The third-order valence-electron chi connectivity index (χ3n) is 4.24. The number of benzene rings is 1. The normalized spacial score (nSPS) is 14.3. The van der Waals surface area contributed by atoms with Gasteiger partial charge in [0.1, 0.15) is 6.07 Å². The van der Waals surface area contributed by atoms with Gasteiger partial charge in [-0.15, -0.1) is 5.10 Å². The molecule has 0 bridgehead atoms. The molecule has 0 amide bonds. The highest BCUT2D eigenvalue weighted by Crippen LogP contribution is 2.34. The predicted molar refractivity (Wildman–Crippen MR) is 85.3 cm³/mol. The molecule has 3 aromatic heterocycles. The van der Waals surface area contributed by atoms with Gasteiger partial charge in [0.25, 0.3) is 0 Å². The van der Waals surface area contributed by atoms with E-state index >= 15 is 0 Å². The maximum absolute atomic E-state index is 12.3. The first-order valence-corrected chi connectivity index (χ1v) is 7.61. The third kappa shape index (κ3) is 1.78. The van der Waals surface area contributed by atoms with Gasteiger partial charge in [-0.2, -0.15) is 14.9 Å². The SMILES string of the molecule is N#Cc1cccc2c1[nH]c(=O)n1nc(-c3cnn(C4CC4)c3)nc21. The number of rotatable bonds is 2. The van der Waals surface area contributed by atoms with Gasteiger partial charge in [0.15, 0.2) is 11.5 Å². The maximum atomic E-state index is 12.3. The van der Waals surface area contributed by atoms with E-state index in [9.17, 15) is 10.1 Å². The van der Waals surface area contributed by atoms with Crippen LogP contribution in [0.4, 0.5) is 0 Å². The van der Waals surface area contributed by atoms with Crippen molar-refractivity contribution < 1.29 is 0 Å². The smallest absolute Gasteiger partial charge is 0.304 e. The largest absolute Gasteiger partial charge is 0.348 e. The number of nitrogens with one attached hydrogen (secondary N) is 1. The van der Waals surface area contributed by atoms with E-state index in [1.807, 2.05) is 16.9 Å². The molecular formula is C16H11N7O. The van der Waals surface area contributed by atoms with Gasteiger partial charge < -0.3 is 4.98 Å². The molecule has 0 atom stereocenters. The minimum absolute atomic E-state index is 0.401. The maximum Gasteiger partial charge on any atom is 0.348 e. The molecule has 1 aliphatic rings. The summed E-state index contributed by atoms with van der Waals surface area (Å²) in [6, 6.07) is 7.79. The second-order valence-electron chi connectivity index (χ2n) is 5.88. The summed E-state index contributed by atoms with van der Waals surface area (Å²) in [5, 5.41) is 18.5. The fraction of sp³-hybridized carbons (Fsp3) is 0.188. The average molecular weight is 317 g/mol. The molecule has 8 nitrogen and oxygen atoms in total. The van der Waals surface area contributed by atoms with Crippen molar-refractivity contribution in [1.29, 1.82) is 5.26 Å². The Morgan fingerprint density at radius 1 is 1.33 bits per heavy atom. The Kier molecular flexibility index (Phi) is 2.45. The molecule has 1 fully saturated rings. The summed E-state index contributed by atoms with van der Waals surface area (Å²) in [7, 11) is 0. The van der Waals surface area contributed by atoms with E-state index < -0.39 is 5.69 Å². The number of nitrogens with zero attached hydrogens (tertiary/aromatic N) is 6. The summed E-state index contributed by atoms with van der Waals surface area (Å²) < 4.78 is 3.14. The molecule has 0 aliphatic heterocycles. The lowest BCUT2D eigenvalue weighted by Gasteiger charge is -2.00. The molecule has 1 saturated carbocycles. The molecule has 1 aromatic carbocycles. The van der Waals surface area contributed by atoms with E-state index in [2.05, 4.69) is 26.2 Å². The summed E-state index contributed by atoms with van der Waals surface area (Å²) in [6.45, 7) is 0. The van der Waals surface area contributed by atoms with Crippen molar-refractivity contribution in [3.05, 3.63) is 46.6 Å². The van der Waals surface area contributed by atoms with Gasteiger partial charge in [-0.25, -0.2) is 9.78 Å². The topological polar surface area (TPSA) is 105 Å². The van der Waals surface area contributed by atoms with Gasteiger partial charge >= 0.3 is 5.69 Å². The Balaban J connectivity index is 1.77. The van der Waals surface area contributed by atoms with Crippen LogP contribution in [0, 0.1) is 11.3 Å². The first-order valence-electron chi connectivity index (χ1n) is 7.61. The Hall–Kier alpha value is -3.47. The van der Waals surface area contributed by atoms with Crippen molar-refractivity contribution in [2.24, 2.45) is 0 Å². The van der Waals surface area contributed by atoms with Crippen LogP contribution in [0.1, 0.15) is 24.4 Å². The lowest BCUT2D eigenvalue weighted by molar-refractivity contribution is 0.641. The zero-order chi connectivity index (χ0) is 16.3. The molecule has 1 N–H and O–H groups in total. The minimum Gasteiger partial charge on any atom is -0.304 e. The molecular weight excluding hydrogens is 306 g/mol. The second-order valence-corrected chi connectivity index (χ2v) is 5.88. The van der Waals surface area contributed by atoms with Crippen LogP contribution in [0.25, 0.3) is 27.9 Å². The summed E-state index contributed by atoms with van der Waals surface area (Å²) in [6.07, 6.45) is 5.90. The van der Waals surface area contributed by atoms with E-state index in [0.29, 0.717) is 34.0 Å². The Labute approximate surface area is 135 Å². The van der Waals surface area contributed by atoms with E-state index in [4.69, 9.17) is 0 Å². The number of aromatic nitrogens is 6. The number of nitriles is 1. The van der Waals surface area contributed by atoms with Gasteiger partial charge in [-0.3, -0.25) is 4.68 Å². The Morgan fingerprint density at radius 3 is 3.00 bits per heavy atom. The van der Waals surface area contributed by atoms with E-state index in [0.717, 1.165) is 18.4 Å². The quantitative estimate of drug-likeness (QED) is 0.605. The van der Waals surface area contributed by atoms with Crippen LogP contribution < -0.4 is 5.69 Å². The molecule has 5 rings (SSSR count). The first kappa shape index (κ1) is 13.0. The zero-order valence-electron chi connectivity index (χ0n) is 12.5. The third-order valence-corrected chi connectivity index (χ3v) is 4.24. The average Bonchev–Trinajstić information content (AvgIpc) is 3.15. The standard InChI is InChI=1S/C16H11N7O/c17-6-9-2-1-3-12-13(9)19-16(24)23-15(12)20-14(21-23)10-7-18-22(8-10)11-4-5-11/h1-3,7-8,11H,4-5H2,(H,19,24). The number of H-pyrrole nitrogens is 1. The fourth-order valence-corrected chi connectivity index (χ4v) is 2.87. The van der Waals surface area contributed by atoms with E-state index in [1.54, 1.807) is 18.3 Å². The predicted octanol–water partition coefficient (Wildman–Crippen LogP) is 1.64. The van der Waals surface area contributed by atoms with Gasteiger partial charge in [0.05, 0.1) is 28.9 Å². The van der Waals surface area contributed by atoms with Crippen molar-refractivity contribution in [2.45, 2.75) is 18.9 Å². The first-order chi connectivity index (χ1) is 11.7. The van der Waals surface area contributed by atoms with Crippen LogP contribution in [0.3, 0.4) is 0 Å². The molecule has 8 heteroatoms. The van der Waals surface area contributed by atoms with Crippen LogP contribution in [-0.4, -0.2) is 29.4 Å². The van der Waals surface area contributed by atoms with Crippen LogP contribution in [-0.2, 0) is 0 Å². The fourth-order valence-electron chi connectivity index (χ4n) is 2.87. The lowest BCUT2D eigenvalue weighted by atomic mass is 10.1. The molecule has 3 heterocycles. The highest BCUT2D eigenvalue weighted by molar-refractivity contribution is 5.94. The monoisotopic (exact) mass is 317 g/mol. The summed E-state index contributed by atoms with van der Waals surface area (Å²) in [5.74, 6) is 0.447. The Bertz CT molecular complexity index is 1200. The zero-order valence-corrected chi connectivity index (χ0v) is 12.5. The number of para-hydroxylation sites is 1. The molecule has 24 heavy (non-hydrogen) atoms. The number of fused-ring (bicyclic) bond motifs is 3. The number of hydrogen-bond donors (Lipinski definition) is 1. The van der Waals surface area contributed by atoms with Crippen molar-refractivity contribution in [3.8, 4) is 17.5 Å². The van der Waals surface area contributed by atoms with Crippen LogP contribution >= 0.6 is 0 Å². The molecule has 0 unspecified atom stereocenters. The molecule has 1 aliphatic carbocycles. The van der Waals surface area contributed by atoms with E-state index in [-0.39, 0.29) is 0 Å². The molecule has 116 valence electrons. The van der Waals surface area contributed by atoms with Gasteiger partial charge in [0, 0.05) is 11.6 Å². The second kappa shape index (κ2) is 4.52. The number of aromatic amines is 1. The van der Waals surface area contributed by atoms with Gasteiger partial charge in [-0.05, 0) is 25.0 Å². The highest BCUT2D eigenvalue weighted by atomic mass is 16.1. The van der Waals surface area contributed by atoms with Crippen molar-refractivity contribution in [3.63, 3.8) is 0 Å². The van der Waals surface area contributed by atoms with E-state index in [1.165, 1.54) is 4.52 Å². The summed E-state index contributed by atoms with van der Waals surface area (Å²) >= 11 is 0. The minimum atomic E-state index is -0.423. The number of hydrogen-bond acceptors (Lipinski definition) is 5. The highest BCUT2D eigenvalue weighted by Gasteiger charge is 2.25.